The molecule has 2 aromatic rings. The van der Waals surface area contributed by atoms with E-state index in [0.717, 1.165) is 6.26 Å². The standard InChI is InChI=1S/C12H15N5O3S/c1-3-10-14-11(16-15-10)12(18)13-8-6-4-5-7-9(8)17-21(2,19)20/h4-7,17H,3H2,1-2H3,(H,13,18)(H,14,15,16). The second-order valence-corrected chi connectivity index (χ2v) is 6.08. The number of carbonyl (C=O) groups excluding carboxylic acids is 1. The Balaban J connectivity index is 2.21. The number of aryl methyl sites for hydroxylation is 1. The first kappa shape index (κ1) is 15.0. The number of anilines is 2. The lowest BCUT2D eigenvalue weighted by molar-refractivity contribution is 0.101. The third kappa shape index (κ3) is 4.02. The maximum Gasteiger partial charge on any atom is 0.295 e. The molecule has 0 radical (unpaired) electrons. The van der Waals surface area contributed by atoms with Crippen LogP contribution in [0.1, 0.15) is 23.4 Å². The molecule has 0 aliphatic carbocycles. The number of para-hydroxylation sites is 2. The van der Waals surface area contributed by atoms with Gasteiger partial charge < -0.3 is 5.32 Å². The first-order valence-corrected chi connectivity index (χ1v) is 8.07. The van der Waals surface area contributed by atoms with E-state index < -0.39 is 15.9 Å². The van der Waals surface area contributed by atoms with Gasteiger partial charge in [0.1, 0.15) is 5.82 Å². The number of nitrogens with one attached hydrogen (secondary N) is 3. The van der Waals surface area contributed by atoms with Gasteiger partial charge in [0, 0.05) is 6.42 Å². The summed E-state index contributed by atoms with van der Waals surface area (Å²) in [6.45, 7) is 1.88. The van der Waals surface area contributed by atoms with Crippen LogP contribution < -0.4 is 10.0 Å². The van der Waals surface area contributed by atoms with Gasteiger partial charge >= 0.3 is 0 Å². The van der Waals surface area contributed by atoms with Crippen molar-refractivity contribution in [3.8, 4) is 0 Å². The van der Waals surface area contributed by atoms with Gasteiger partial charge in [-0.05, 0) is 12.1 Å². The first-order chi connectivity index (χ1) is 9.89. The number of nitrogens with zero attached hydrogens (tertiary/aromatic N) is 2. The number of H-pyrrole nitrogens is 1. The molecule has 0 saturated heterocycles. The highest BCUT2D eigenvalue weighted by molar-refractivity contribution is 7.92. The van der Waals surface area contributed by atoms with Crippen molar-refractivity contribution >= 4 is 27.3 Å². The lowest BCUT2D eigenvalue weighted by Crippen LogP contribution is -2.17. The second kappa shape index (κ2) is 5.92. The third-order valence-electron chi connectivity index (χ3n) is 2.54. The number of hydrogen-bond donors (Lipinski definition) is 3. The third-order valence-corrected chi connectivity index (χ3v) is 3.13. The molecule has 1 aromatic heterocycles. The molecule has 0 unspecified atom stereocenters. The van der Waals surface area contributed by atoms with E-state index in [0.29, 0.717) is 17.9 Å². The average molecular weight is 309 g/mol. The van der Waals surface area contributed by atoms with E-state index in [4.69, 9.17) is 0 Å². The lowest BCUT2D eigenvalue weighted by atomic mass is 10.2. The van der Waals surface area contributed by atoms with Gasteiger partial charge in [-0.2, -0.15) is 0 Å². The van der Waals surface area contributed by atoms with E-state index in [1.54, 1.807) is 24.3 Å². The largest absolute Gasteiger partial charge is 0.317 e. The van der Waals surface area contributed by atoms with Crippen molar-refractivity contribution in [2.24, 2.45) is 0 Å². The summed E-state index contributed by atoms with van der Waals surface area (Å²) in [6, 6.07) is 6.47. The molecule has 9 heteroatoms. The van der Waals surface area contributed by atoms with Gasteiger partial charge in [0.05, 0.1) is 17.6 Å². The highest BCUT2D eigenvalue weighted by Gasteiger charge is 2.15. The van der Waals surface area contributed by atoms with Crippen LogP contribution in [0.5, 0.6) is 0 Å². The molecule has 0 atom stereocenters. The van der Waals surface area contributed by atoms with Crippen molar-refractivity contribution in [3.05, 3.63) is 35.9 Å². The van der Waals surface area contributed by atoms with Crippen LogP contribution in [0.25, 0.3) is 0 Å². The van der Waals surface area contributed by atoms with E-state index >= 15 is 0 Å². The van der Waals surface area contributed by atoms with Crippen LogP contribution in [0.4, 0.5) is 11.4 Å². The minimum atomic E-state index is -3.44. The van der Waals surface area contributed by atoms with Crippen molar-refractivity contribution in [2.45, 2.75) is 13.3 Å². The number of benzene rings is 1. The van der Waals surface area contributed by atoms with Crippen LogP contribution in [0.2, 0.25) is 0 Å². The zero-order chi connectivity index (χ0) is 15.5. The number of aromatic amines is 1. The Morgan fingerprint density at radius 1 is 1.29 bits per heavy atom. The predicted octanol–water partition coefficient (Wildman–Crippen LogP) is 0.991. The topological polar surface area (TPSA) is 117 Å². The molecule has 1 amide bonds. The van der Waals surface area contributed by atoms with Crippen molar-refractivity contribution in [2.75, 3.05) is 16.3 Å². The van der Waals surface area contributed by atoms with Crippen LogP contribution in [-0.2, 0) is 16.4 Å². The van der Waals surface area contributed by atoms with Crippen molar-refractivity contribution in [1.82, 2.24) is 15.2 Å². The summed E-state index contributed by atoms with van der Waals surface area (Å²) in [5, 5.41) is 9.02. The molecule has 0 aliphatic heterocycles. The summed E-state index contributed by atoms with van der Waals surface area (Å²) < 4.78 is 24.9. The zero-order valence-corrected chi connectivity index (χ0v) is 12.4. The van der Waals surface area contributed by atoms with Gasteiger partial charge in [0.15, 0.2) is 0 Å². The van der Waals surface area contributed by atoms with E-state index in [9.17, 15) is 13.2 Å². The molecule has 0 fully saturated rings. The Hall–Kier alpha value is -2.42. The zero-order valence-electron chi connectivity index (χ0n) is 11.5. The van der Waals surface area contributed by atoms with E-state index in [1.165, 1.54) is 0 Å². The predicted molar refractivity (Wildman–Crippen MR) is 78.6 cm³/mol. The van der Waals surface area contributed by atoms with Gasteiger partial charge in [-0.25, -0.2) is 13.4 Å². The maximum atomic E-state index is 12.0. The molecule has 112 valence electrons. The van der Waals surface area contributed by atoms with Crippen LogP contribution >= 0.6 is 0 Å². The highest BCUT2D eigenvalue weighted by atomic mass is 32.2. The van der Waals surface area contributed by atoms with Gasteiger partial charge in [-0.3, -0.25) is 14.6 Å². The SMILES string of the molecule is CCc1nc(C(=O)Nc2ccccc2NS(C)(=O)=O)n[nH]1. The fraction of sp³-hybridized carbons (Fsp3) is 0.250. The summed E-state index contributed by atoms with van der Waals surface area (Å²) in [7, 11) is -3.44. The smallest absolute Gasteiger partial charge is 0.295 e. The fourth-order valence-corrected chi connectivity index (χ4v) is 2.19. The quantitative estimate of drug-likeness (QED) is 0.761. The average Bonchev–Trinajstić information content (AvgIpc) is 2.88. The van der Waals surface area contributed by atoms with Crippen LogP contribution in [0.15, 0.2) is 24.3 Å². The van der Waals surface area contributed by atoms with E-state index in [1.807, 2.05) is 6.92 Å². The number of aromatic nitrogens is 3. The molecule has 0 spiro atoms. The molecule has 0 bridgehead atoms. The van der Waals surface area contributed by atoms with Gasteiger partial charge in [-0.1, -0.05) is 19.1 Å². The summed E-state index contributed by atoms with van der Waals surface area (Å²) >= 11 is 0. The summed E-state index contributed by atoms with van der Waals surface area (Å²) in [4.78, 5) is 16.0. The molecule has 3 N–H and O–H groups in total. The first-order valence-electron chi connectivity index (χ1n) is 6.18. The molecule has 1 heterocycles. The molecule has 8 nitrogen and oxygen atoms in total. The highest BCUT2D eigenvalue weighted by Crippen LogP contribution is 2.22. The van der Waals surface area contributed by atoms with E-state index in [2.05, 4.69) is 25.2 Å². The van der Waals surface area contributed by atoms with Crippen molar-refractivity contribution in [3.63, 3.8) is 0 Å². The summed E-state index contributed by atoms with van der Waals surface area (Å²) in [6.07, 6.45) is 1.67. The van der Waals surface area contributed by atoms with Crippen molar-refractivity contribution < 1.29 is 13.2 Å². The monoisotopic (exact) mass is 309 g/mol. The van der Waals surface area contributed by atoms with Gasteiger partial charge in [0.25, 0.3) is 5.91 Å². The molecule has 0 saturated carbocycles. The lowest BCUT2D eigenvalue weighted by Gasteiger charge is -2.10. The molecule has 2 rings (SSSR count). The van der Waals surface area contributed by atoms with Crippen LogP contribution in [-0.4, -0.2) is 35.8 Å². The number of amides is 1. The Labute approximate surface area is 122 Å². The molecule has 0 aliphatic rings. The van der Waals surface area contributed by atoms with E-state index in [-0.39, 0.29) is 11.5 Å². The minimum absolute atomic E-state index is 0.000934. The molecular weight excluding hydrogens is 294 g/mol. The normalized spacial score (nSPS) is 11.1. The minimum Gasteiger partial charge on any atom is -0.317 e. The molecule has 1 aromatic carbocycles. The number of rotatable bonds is 5. The van der Waals surface area contributed by atoms with Gasteiger partial charge in [-0.15, -0.1) is 5.10 Å². The summed E-state index contributed by atoms with van der Waals surface area (Å²) in [5.41, 5.74) is 0.607. The number of hydrogen-bond acceptors (Lipinski definition) is 5. The Kier molecular flexibility index (Phi) is 4.22. The Bertz CT molecular complexity index is 754. The van der Waals surface area contributed by atoms with Crippen LogP contribution in [0, 0.1) is 0 Å². The Morgan fingerprint density at radius 3 is 2.52 bits per heavy atom. The number of sulfonamides is 1. The summed E-state index contributed by atoms with van der Waals surface area (Å²) in [5.74, 6) is 0.0809. The molecule has 21 heavy (non-hydrogen) atoms. The van der Waals surface area contributed by atoms with Crippen LogP contribution in [0.3, 0.4) is 0 Å². The maximum absolute atomic E-state index is 12.0. The molecular formula is C12H15N5O3S. The van der Waals surface area contributed by atoms with Crippen molar-refractivity contribution in [1.29, 1.82) is 0 Å². The number of carbonyl (C=O) groups is 1. The van der Waals surface area contributed by atoms with Gasteiger partial charge in [0.2, 0.25) is 15.8 Å². The Morgan fingerprint density at radius 2 is 1.95 bits per heavy atom. The fourth-order valence-electron chi connectivity index (χ4n) is 1.61. The second-order valence-electron chi connectivity index (χ2n) is 4.33.